The summed E-state index contributed by atoms with van der Waals surface area (Å²) >= 11 is 0. The third-order valence-corrected chi connectivity index (χ3v) is 10.7. The van der Waals surface area contributed by atoms with Crippen LogP contribution in [0.2, 0.25) is 0 Å². The lowest BCUT2D eigenvalue weighted by atomic mass is 10.0. The lowest BCUT2D eigenvalue weighted by Gasteiger charge is -2.30. The highest BCUT2D eigenvalue weighted by Crippen LogP contribution is 2.31. The number of sulfonamides is 1. The Kier molecular flexibility index (Phi) is 7.95. The number of rotatable bonds is 7. The van der Waals surface area contributed by atoms with Crippen LogP contribution in [0.5, 0.6) is 0 Å². The van der Waals surface area contributed by atoms with Gasteiger partial charge in [0.2, 0.25) is 19.9 Å². The van der Waals surface area contributed by atoms with E-state index in [0.29, 0.717) is 29.9 Å². The Morgan fingerprint density at radius 1 is 0.976 bits per heavy atom. The fourth-order valence-electron chi connectivity index (χ4n) is 4.90. The molecule has 1 fully saturated rings. The van der Waals surface area contributed by atoms with Crippen molar-refractivity contribution in [1.29, 1.82) is 5.26 Å². The molecule has 0 amide bonds. The van der Waals surface area contributed by atoms with E-state index in [4.69, 9.17) is 5.10 Å². The fourth-order valence-corrected chi connectivity index (χ4v) is 7.70. The molecule has 0 aliphatic carbocycles. The minimum Gasteiger partial charge on any atom is -0.240 e. The Balaban J connectivity index is 1.63. The van der Waals surface area contributed by atoms with Gasteiger partial charge in [-0.05, 0) is 68.2 Å². The van der Waals surface area contributed by atoms with Crippen molar-refractivity contribution in [1.82, 2.24) is 14.1 Å². The van der Waals surface area contributed by atoms with Gasteiger partial charge < -0.3 is 0 Å². The molecule has 0 N–H and O–H groups in total. The number of hydrogen-bond donors (Lipinski definition) is 0. The molecule has 5 rings (SSSR count). The molecular formula is C31H30N4O4S2. The van der Waals surface area contributed by atoms with E-state index < -0.39 is 24.8 Å². The van der Waals surface area contributed by atoms with Crippen LogP contribution in [0.25, 0.3) is 23.0 Å². The van der Waals surface area contributed by atoms with Gasteiger partial charge in [0.25, 0.3) is 0 Å². The zero-order valence-electron chi connectivity index (χ0n) is 22.8. The predicted molar refractivity (Wildman–Crippen MR) is 158 cm³/mol. The van der Waals surface area contributed by atoms with Crippen molar-refractivity contribution in [3.05, 3.63) is 101 Å². The van der Waals surface area contributed by atoms with Crippen molar-refractivity contribution in [3.63, 3.8) is 0 Å². The molecule has 0 saturated carbocycles. The molecule has 3 aromatic carbocycles. The Morgan fingerprint density at radius 2 is 1.71 bits per heavy atom. The van der Waals surface area contributed by atoms with E-state index in [-0.39, 0.29) is 15.7 Å². The molecule has 210 valence electrons. The number of allylic oxidation sites excluding steroid dienone is 1. The molecule has 1 saturated heterocycles. The zero-order valence-corrected chi connectivity index (χ0v) is 24.4. The van der Waals surface area contributed by atoms with Crippen molar-refractivity contribution in [2.75, 3.05) is 13.1 Å². The summed E-state index contributed by atoms with van der Waals surface area (Å²) in [5, 5.41) is 14.6. The fraction of sp³-hybridized carbons (Fsp3) is 0.226. The number of piperidine rings is 1. The standard InChI is InChI=1S/C31H30N4O4S2/c1-23-13-15-28(16-14-23)40(36,37)30(20-32)19-26-22-35(27-10-4-3-5-11-27)33-31(26)25-9-6-12-29(18-25)41(38,39)34-17-7-8-24(2)21-34/h3-6,9-16,18-19,22,24H,7-8,17,21H2,1-2H3. The third-order valence-electron chi connectivity index (χ3n) is 7.15. The minimum atomic E-state index is -4.11. The van der Waals surface area contributed by atoms with Crippen molar-refractivity contribution >= 4 is 25.9 Å². The van der Waals surface area contributed by atoms with Gasteiger partial charge in [-0.15, -0.1) is 0 Å². The maximum atomic E-state index is 13.5. The number of nitrogens with zero attached hydrogens (tertiary/aromatic N) is 4. The molecule has 1 aliphatic rings. The van der Waals surface area contributed by atoms with Crippen LogP contribution >= 0.6 is 0 Å². The van der Waals surface area contributed by atoms with Crippen LogP contribution < -0.4 is 0 Å². The van der Waals surface area contributed by atoms with Gasteiger partial charge in [-0.2, -0.15) is 14.7 Å². The van der Waals surface area contributed by atoms with E-state index in [1.807, 2.05) is 50.2 Å². The smallest absolute Gasteiger partial charge is 0.240 e. The normalized spacial score (nSPS) is 16.8. The number of nitriles is 1. The Bertz CT molecular complexity index is 1860. The molecule has 41 heavy (non-hydrogen) atoms. The largest absolute Gasteiger partial charge is 0.243 e. The molecule has 2 heterocycles. The molecule has 0 radical (unpaired) electrons. The first-order chi connectivity index (χ1) is 19.6. The first kappa shape index (κ1) is 28.5. The maximum Gasteiger partial charge on any atom is 0.243 e. The van der Waals surface area contributed by atoms with E-state index in [2.05, 4.69) is 0 Å². The van der Waals surface area contributed by atoms with Crippen LogP contribution in [0, 0.1) is 24.2 Å². The van der Waals surface area contributed by atoms with Crippen LogP contribution in [-0.4, -0.2) is 44.0 Å². The van der Waals surface area contributed by atoms with Gasteiger partial charge in [0.1, 0.15) is 16.7 Å². The second kappa shape index (κ2) is 11.4. The zero-order chi connectivity index (χ0) is 29.2. The summed E-state index contributed by atoms with van der Waals surface area (Å²) in [6.07, 6.45) is 4.74. The van der Waals surface area contributed by atoms with Gasteiger partial charge in [0.15, 0.2) is 0 Å². The number of sulfone groups is 1. The average molecular weight is 587 g/mol. The summed E-state index contributed by atoms with van der Waals surface area (Å²) in [7, 11) is -7.85. The van der Waals surface area contributed by atoms with E-state index in [1.165, 1.54) is 22.5 Å². The van der Waals surface area contributed by atoms with Crippen LogP contribution in [0.1, 0.15) is 30.9 Å². The summed E-state index contributed by atoms with van der Waals surface area (Å²) < 4.78 is 56.9. The maximum absolute atomic E-state index is 13.5. The first-order valence-corrected chi connectivity index (χ1v) is 16.2. The highest BCUT2D eigenvalue weighted by Gasteiger charge is 2.29. The first-order valence-electron chi connectivity index (χ1n) is 13.3. The molecule has 8 nitrogen and oxygen atoms in total. The van der Waals surface area contributed by atoms with Gasteiger partial charge in [-0.25, -0.2) is 21.5 Å². The van der Waals surface area contributed by atoms with Gasteiger partial charge in [-0.3, -0.25) is 0 Å². The highest BCUT2D eigenvalue weighted by atomic mass is 32.2. The van der Waals surface area contributed by atoms with Gasteiger partial charge in [-0.1, -0.05) is 55.0 Å². The molecule has 4 aromatic rings. The molecular weight excluding hydrogens is 556 g/mol. The Hall–Kier alpha value is -4.04. The predicted octanol–water partition coefficient (Wildman–Crippen LogP) is 5.61. The van der Waals surface area contributed by atoms with Gasteiger partial charge in [0, 0.05) is 30.4 Å². The summed E-state index contributed by atoms with van der Waals surface area (Å²) in [5.74, 6) is 0.278. The van der Waals surface area contributed by atoms with E-state index in [1.54, 1.807) is 47.3 Å². The SMILES string of the molecule is Cc1ccc(S(=O)(=O)C(C#N)=Cc2cn(-c3ccccc3)nc2-c2cccc(S(=O)(=O)N3CCCC(C)C3)c2)cc1. The quantitative estimate of drug-likeness (QED) is 0.260. The summed E-state index contributed by atoms with van der Waals surface area (Å²) in [6.45, 7) is 4.83. The van der Waals surface area contributed by atoms with Gasteiger partial charge in [0.05, 0.1) is 15.5 Å². The lowest BCUT2D eigenvalue weighted by Crippen LogP contribution is -2.39. The van der Waals surface area contributed by atoms with Gasteiger partial charge >= 0.3 is 0 Å². The summed E-state index contributed by atoms with van der Waals surface area (Å²) in [5.41, 5.74) is 2.82. The van der Waals surface area contributed by atoms with E-state index >= 15 is 0 Å². The Morgan fingerprint density at radius 3 is 2.39 bits per heavy atom. The number of aryl methyl sites for hydroxylation is 1. The van der Waals surface area contributed by atoms with Crippen molar-refractivity contribution in [2.24, 2.45) is 5.92 Å². The summed E-state index contributed by atoms with van der Waals surface area (Å²) in [6, 6.07) is 23.9. The molecule has 10 heteroatoms. The van der Waals surface area contributed by atoms with E-state index in [9.17, 15) is 22.1 Å². The molecule has 1 aromatic heterocycles. The van der Waals surface area contributed by atoms with Crippen molar-refractivity contribution in [2.45, 2.75) is 36.5 Å². The second-order valence-electron chi connectivity index (χ2n) is 10.3. The van der Waals surface area contributed by atoms with E-state index in [0.717, 1.165) is 24.1 Å². The van der Waals surface area contributed by atoms with Crippen LogP contribution in [0.3, 0.4) is 0 Å². The Labute approximate surface area is 241 Å². The molecule has 0 spiro atoms. The molecule has 1 unspecified atom stereocenters. The van der Waals surface area contributed by atoms with Crippen LogP contribution in [0.4, 0.5) is 0 Å². The third kappa shape index (κ3) is 5.88. The topological polar surface area (TPSA) is 113 Å². The number of benzene rings is 3. The van der Waals surface area contributed by atoms with Crippen molar-refractivity contribution < 1.29 is 16.8 Å². The minimum absolute atomic E-state index is 0.0109. The van der Waals surface area contributed by atoms with Crippen molar-refractivity contribution in [3.8, 4) is 23.0 Å². The second-order valence-corrected chi connectivity index (χ2v) is 14.1. The lowest BCUT2D eigenvalue weighted by molar-refractivity contribution is 0.281. The molecule has 0 bridgehead atoms. The monoisotopic (exact) mass is 586 g/mol. The number of para-hydroxylation sites is 1. The molecule has 1 aliphatic heterocycles. The number of aromatic nitrogens is 2. The highest BCUT2D eigenvalue weighted by molar-refractivity contribution is 7.95. The molecule has 1 atom stereocenters. The summed E-state index contributed by atoms with van der Waals surface area (Å²) in [4.78, 5) is -0.292. The van der Waals surface area contributed by atoms with Crippen LogP contribution in [0.15, 0.2) is 99.8 Å². The number of hydrogen-bond acceptors (Lipinski definition) is 6. The average Bonchev–Trinajstić information content (AvgIpc) is 3.40. The van der Waals surface area contributed by atoms with Crippen LogP contribution in [-0.2, 0) is 19.9 Å².